The summed E-state index contributed by atoms with van der Waals surface area (Å²) in [5.74, 6) is 0.621. The van der Waals surface area contributed by atoms with Crippen LogP contribution in [0, 0.1) is 0 Å². The molecule has 3 aromatic heterocycles. The number of aromatic nitrogens is 3. The van der Waals surface area contributed by atoms with Crippen LogP contribution in [-0.4, -0.2) is 15.0 Å². The number of fused-ring (bicyclic) bond motifs is 6. The lowest BCUT2D eigenvalue weighted by molar-refractivity contribution is 0.620. The highest BCUT2D eigenvalue weighted by atomic mass is 16.3. The molecular weight excluding hydrogens is 478 g/mol. The van der Waals surface area contributed by atoms with Crippen LogP contribution in [0.2, 0.25) is 0 Å². The molecule has 0 spiro atoms. The highest BCUT2D eigenvalue weighted by molar-refractivity contribution is 6.20. The average Bonchev–Trinajstić information content (AvgIpc) is 3.46. The van der Waals surface area contributed by atoms with Gasteiger partial charge in [-0.1, -0.05) is 72.8 Å². The first-order valence-electron chi connectivity index (χ1n) is 12.9. The molecule has 0 unspecified atom stereocenters. The van der Waals surface area contributed by atoms with E-state index in [9.17, 15) is 0 Å². The van der Waals surface area contributed by atoms with Gasteiger partial charge >= 0.3 is 0 Å². The Labute approximate surface area is 224 Å². The molecule has 4 heteroatoms. The number of oxazole rings is 1. The van der Waals surface area contributed by atoms with Gasteiger partial charge in [-0.2, -0.15) is 0 Å². The number of nitrogens with zero attached hydrogens (tertiary/aromatic N) is 3. The highest BCUT2D eigenvalue weighted by Crippen LogP contribution is 2.38. The Balaban J connectivity index is 1.31. The maximum atomic E-state index is 6.22. The Morgan fingerprint density at radius 1 is 0.513 bits per heavy atom. The van der Waals surface area contributed by atoms with Crippen LogP contribution in [0.1, 0.15) is 0 Å². The zero-order valence-electron chi connectivity index (χ0n) is 20.9. The molecule has 182 valence electrons. The second-order valence-electron chi connectivity index (χ2n) is 9.69. The fourth-order valence-corrected chi connectivity index (χ4v) is 5.43. The number of hydrogen-bond acceptors (Lipinski definition) is 4. The monoisotopic (exact) mass is 499 g/mol. The maximum Gasteiger partial charge on any atom is 0.227 e. The molecule has 0 fully saturated rings. The first-order chi connectivity index (χ1) is 19.3. The smallest absolute Gasteiger partial charge is 0.227 e. The molecule has 0 saturated carbocycles. The van der Waals surface area contributed by atoms with Crippen molar-refractivity contribution < 1.29 is 4.42 Å². The minimum Gasteiger partial charge on any atom is -0.436 e. The van der Waals surface area contributed by atoms with Gasteiger partial charge in [0.2, 0.25) is 5.89 Å². The van der Waals surface area contributed by atoms with Gasteiger partial charge in [0.1, 0.15) is 5.52 Å². The molecule has 0 aliphatic heterocycles. The van der Waals surface area contributed by atoms with Gasteiger partial charge in [0.15, 0.2) is 5.58 Å². The zero-order chi connectivity index (χ0) is 25.8. The van der Waals surface area contributed by atoms with Crippen LogP contribution in [0.15, 0.2) is 132 Å². The third-order valence-electron chi connectivity index (χ3n) is 7.34. The summed E-state index contributed by atoms with van der Waals surface area (Å²) in [5, 5.41) is 4.31. The van der Waals surface area contributed by atoms with E-state index in [0.29, 0.717) is 5.89 Å². The molecule has 0 saturated heterocycles. The molecule has 8 rings (SSSR count). The van der Waals surface area contributed by atoms with Crippen LogP contribution in [0.5, 0.6) is 0 Å². The Kier molecular flexibility index (Phi) is 4.79. The van der Waals surface area contributed by atoms with E-state index >= 15 is 0 Å². The molecule has 4 nitrogen and oxygen atoms in total. The lowest BCUT2D eigenvalue weighted by Gasteiger charge is -2.11. The summed E-state index contributed by atoms with van der Waals surface area (Å²) in [4.78, 5) is 14.5. The van der Waals surface area contributed by atoms with E-state index in [1.165, 1.54) is 0 Å². The van der Waals surface area contributed by atoms with Crippen molar-refractivity contribution in [2.75, 3.05) is 0 Å². The molecule has 0 atom stereocenters. The first-order valence-corrected chi connectivity index (χ1v) is 12.9. The van der Waals surface area contributed by atoms with Gasteiger partial charge in [0.25, 0.3) is 0 Å². The highest BCUT2D eigenvalue weighted by Gasteiger charge is 2.17. The van der Waals surface area contributed by atoms with Crippen LogP contribution >= 0.6 is 0 Å². The van der Waals surface area contributed by atoms with Crippen LogP contribution in [0.25, 0.3) is 77.5 Å². The number of pyridine rings is 2. The molecule has 0 radical (unpaired) electrons. The molecule has 39 heavy (non-hydrogen) atoms. The number of rotatable bonds is 3. The van der Waals surface area contributed by atoms with E-state index in [-0.39, 0.29) is 0 Å². The Hall–Kier alpha value is -5.35. The van der Waals surface area contributed by atoms with Crippen LogP contribution in [0.4, 0.5) is 0 Å². The second-order valence-corrected chi connectivity index (χ2v) is 9.69. The van der Waals surface area contributed by atoms with E-state index in [1.807, 2.05) is 60.8 Å². The fraction of sp³-hybridized carbons (Fsp3) is 0. The molecule has 0 aliphatic rings. The number of hydrogen-bond donors (Lipinski definition) is 0. The van der Waals surface area contributed by atoms with E-state index in [2.05, 4.69) is 71.7 Å². The zero-order valence-corrected chi connectivity index (χ0v) is 20.9. The third-order valence-corrected chi connectivity index (χ3v) is 7.34. The Morgan fingerprint density at radius 3 is 2.21 bits per heavy atom. The van der Waals surface area contributed by atoms with Gasteiger partial charge in [-0.05, 0) is 59.7 Å². The van der Waals surface area contributed by atoms with Crippen molar-refractivity contribution in [2.45, 2.75) is 0 Å². The summed E-state index contributed by atoms with van der Waals surface area (Å²) >= 11 is 0. The SMILES string of the molecule is c1ccc(-c2nc3c(ccc4c(-c5ccc(-c6ccc7ncccc7c6)cc5)nc5ccccc5c43)o2)cc1. The van der Waals surface area contributed by atoms with Gasteiger partial charge < -0.3 is 4.42 Å². The first kappa shape index (κ1) is 21.7. The van der Waals surface area contributed by atoms with Crippen LogP contribution in [0.3, 0.4) is 0 Å². The Bertz CT molecular complexity index is 2160. The summed E-state index contributed by atoms with van der Waals surface area (Å²) in [6.45, 7) is 0. The predicted molar refractivity (Wildman–Crippen MR) is 158 cm³/mol. The molecule has 0 aliphatic carbocycles. The molecule has 0 N–H and O–H groups in total. The van der Waals surface area contributed by atoms with Gasteiger partial charge in [-0.3, -0.25) is 4.98 Å². The third kappa shape index (κ3) is 3.57. The molecule has 3 heterocycles. The van der Waals surface area contributed by atoms with Crippen molar-refractivity contribution in [3.05, 3.63) is 128 Å². The number of benzene rings is 5. The van der Waals surface area contributed by atoms with E-state index in [1.54, 1.807) is 0 Å². The maximum absolute atomic E-state index is 6.22. The van der Waals surface area contributed by atoms with Crippen molar-refractivity contribution in [3.8, 4) is 33.8 Å². The van der Waals surface area contributed by atoms with Gasteiger partial charge in [0, 0.05) is 38.9 Å². The normalized spacial score (nSPS) is 11.6. The molecule has 0 amide bonds. The predicted octanol–water partition coefficient (Wildman–Crippen LogP) is 9.08. The summed E-state index contributed by atoms with van der Waals surface area (Å²) in [6.07, 6.45) is 1.83. The summed E-state index contributed by atoms with van der Waals surface area (Å²) in [5.41, 5.74) is 8.82. The lowest BCUT2D eigenvalue weighted by Crippen LogP contribution is -1.91. The summed E-state index contributed by atoms with van der Waals surface area (Å²) in [7, 11) is 0. The average molecular weight is 500 g/mol. The molecular formula is C35H21N3O. The summed E-state index contributed by atoms with van der Waals surface area (Å²) in [6, 6.07) is 41.5. The standard InChI is InChI=1S/C35H21N3O/c1-2-7-24(8-3-1)35-38-34-31(39-35)19-17-28-32(34)27-10-4-5-11-30(27)37-33(28)23-14-12-22(13-15-23)25-16-18-29-26(21-25)9-6-20-36-29/h1-21H. The van der Waals surface area contributed by atoms with Gasteiger partial charge in [0.05, 0.1) is 16.7 Å². The van der Waals surface area contributed by atoms with Crippen LogP contribution in [-0.2, 0) is 0 Å². The topological polar surface area (TPSA) is 51.8 Å². The fourth-order valence-electron chi connectivity index (χ4n) is 5.43. The minimum atomic E-state index is 0.621. The van der Waals surface area contributed by atoms with Gasteiger partial charge in [-0.15, -0.1) is 0 Å². The Morgan fingerprint density at radius 2 is 1.31 bits per heavy atom. The second kappa shape index (κ2) is 8.61. The lowest BCUT2D eigenvalue weighted by atomic mass is 9.97. The van der Waals surface area contributed by atoms with E-state index < -0.39 is 0 Å². The summed E-state index contributed by atoms with van der Waals surface area (Å²) < 4.78 is 6.22. The quantitative estimate of drug-likeness (QED) is 0.228. The molecule has 5 aromatic carbocycles. The van der Waals surface area contributed by atoms with E-state index in [0.717, 1.165) is 71.6 Å². The molecule has 8 aromatic rings. The van der Waals surface area contributed by atoms with Crippen molar-refractivity contribution in [1.82, 2.24) is 15.0 Å². The van der Waals surface area contributed by atoms with Crippen molar-refractivity contribution in [2.24, 2.45) is 0 Å². The van der Waals surface area contributed by atoms with Crippen molar-refractivity contribution >= 4 is 43.7 Å². The van der Waals surface area contributed by atoms with Crippen LogP contribution < -0.4 is 0 Å². The minimum absolute atomic E-state index is 0.621. The molecule has 0 bridgehead atoms. The van der Waals surface area contributed by atoms with Crippen molar-refractivity contribution in [3.63, 3.8) is 0 Å². The van der Waals surface area contributed by atoms with E-state index in [4.69, 9.17) is 14.4 Å². The largest absolute Gasteiger partial charge is 0.436 e. The van der Waals surface area contributed by atoms with Gasteiger partial charge in [-0.25, -0.2) is 9.97 Å². The van der Waals surface area contributed by atoms with Crippen molar-refractivity contribution in [1.29, 1.82) is 0 Å². The number of para-hydroxylation sites is 1.